The normalized spacial score (nSPS) is 10.7. The number of carbonyl (C=O) groups is 1. The second kappa shape index (κ2) is 7.29. The monoisotopic (exact) mass is 360 g/mol. The minimum Gasteiger partial charge on any atom is -0.496 e. The van der Waals surface area contributed by atoms with E-state index in [1.807, 2.05) is 54.6 Å². The molecule has 3 aromatic carbocycles. The zero-order valence-electron chi connectivity index (χ0n) is 14.6. The molecule has 27 heavy (non-hydrogen) atoms. The third-order valence-corrected chi connectivity index (χ3v) is 4.15. The van der Waals surface area contributed by atoms with Crippen molar-refractivity contribution in [1.82, 2.24) is 10.1 Å². The summed E-state index contributed by atoms with van der Waals surface area (Å²) in [6, 6.07) is 20.4. The molecule has 0 saturated carbocycles. The number of nitrogens with zero attached hydrogens (tertiary/aromatic N) is 2. The van der Waals surface area contributed by atoms with Crippen LogP contribution >= 0.6 is 0 Å². The number of carbonyl (C=O) groups excluding carboxylic acids is 1. The Hall–Kier alpha value is -3.67. The third-order valence-electron chi connectivity index (χ3n) is 4.15. The van der Waals surface area contributed by atoms with Gasteiger partial charge >= 0.3 is 5.97 Å². The Labute approximate surface area is 155 Å². The average Bonchev–Trinajstić information content (AvgIpc) is 3.21. The van der Waals surface area contributed by atoms with Crippen LogP contribution in [-0.4, -0.2) is 23.2 Å². The summed E-state index contributed by atoms with van der Waals surface area (Å²) in [7, 11) is 1.60. The summed E-state index contributed by atoms with van der Waals surface area (Å²) in [4.78, 5) is 16.8. The Kier molecular flexibility index (Phi) is 4.53. The lowest BCUT2D eigenvalue weighted by atomic mass is 10.0. The molecule has 0 N–H and O–H groups in total. The topological polar surface area (TPSA) is 74.5 Å². The molecule has 1 aromatic heterocycles. The van der Waals surface area contributed by atoms with Crippen molar-refractivity contribution in [3.8, 4) is 17.1 Å². The maximum Gasteiger partial charge on any atom is 0.339 e. The van der Waals surface area contributed by atoms with E-state index in [1.165, 1.54) is 0 Å². The Morgan fingerprint density at radius 3 is 2.48 bits per heavy atom. The van der Waals surface area contributed by atoms with Gasteiger partial charge in [-0.15, -0.1) is 0 Å². The molecule has 4 rings (SSSR count). The van der Waals surface area contributed by atoms with Crippen molar-refractivity contribution in [3.63, 3.8) is 0 Å². The molecule has 0 spiro atoms. The Morgan fingerprint density at radius 2 is 1.70 bits per heavy atom. The number of fused-ring (bicyclic) bond motifs is 1. The van der Waals surface area contributed by atoms with Gasteiger partial charge in [0.1, 0.15) is 5.75 Å². The van der Waals surface area contributed by atoms with Crippen LogP contribution in [0.25, 0.3) is 22.2 Å². The standard InChI is InChI=1S/C21H16N2O4/c1-25-18-12-11-17(15-9-5-6-10-16(15)18)21(24)26-13-19-22-20(23-27-19)14-7-3-2-4-8-14/h2-12H,13H2,1H3. The highest BCUT2D eigenvalue weighted by atomic mass is 16.6. The number of rotatable bonds is 5. The first-order valence-corrected chi connectivity index (χ1v) is 8.37. The number of esters is 1. The minimum absolute atomic E-state index is 0.0982. The molecule has 0 amide bonds. The molecule has 0 aliphatic rings. The number of methoxy groups -OCH3 is 1. The highest BCUT2D eigenvalue weighted by Crippen LogP contribution is 2.28. The first-order valence-electron chi connectivity index (χ1n) is 8.37. The van der Waals surface area contributed by atoms with Crippen molar-refractivity contribution in [3.05, 3.63) is 78.2 Å². The summed E-state index contributed by atoms with van der Waals surface area (Å²) in [5, 5.41) is 5.52. The number of hydrogen-bond acceptors (Lipinski definition) is 6. The Morgan fingerprint density at radius 1 is 0.963 bits per heavy atom. The van der Waals surface area contributed by atoms with Crippen LogP contribution < -0.4 is 4.74 Å². The summed E-state index contributed by atoms with van der Waals surface area (Å²) in [5.74, 6) is 0.927. The molecule has 0 aliphatic heterocycles. The largest absolute Gasteiger partial charge is 0.496 e. The van der Waals surface area contributed by atoms with E-state index in [1.54, 1.807) is 19.2 Å². The van der Waals surface area contributed by atoms with Crippen molar-refractivity contribution in [2.24, 2.45) is 0 Å². The van der Waals surface area contributed by atoms with Crippen molar-refractivity contribution in [2.45, 2.75) is 6.61 Å². The van der Waals surface area contributed by atoms with E-state index in [2.05, 4.69) is 10.1 Å². The van der Waals surface area contributed by atoms with Gasteiger partial charge < -0.3 is 14.0 Å². The molecule has 0 fully saturated rings. The highest BCUT2D eigenvalue weighted by molar-refractivity contribution is 6.06. The van der Waals surface area contributed by atoms with Crippen LogP contribution in [0.4, 0.5) is 0 Å². The molecular formula is C21H16N2O4. The quantitative estimate of drug-likeness (QED) is 0.495. The van der Waals surface area contributed by atoms with Crippen LogP contribution in [0.15, 0.2) is 71.3 Å². The molecule has 1 heterocycles. The minimum atomic E-state index is -0.465. The molecule has 6 heteroatoms. The lowest BCUT2D eigenvalue weighted by molar-refractivity contribution is 0.0432. The molecule has 0 atom stereocenters. The van der Waals surface area contributed by atoms with E-state index in [0.29, 0.717) is 17.1 Å². The molecule has 0 bridgehead atoms. The molecule has 0 unspecified atom stereocenters. The Bertz CT molecular complexity index is 1090. The zero-order chi connectivity index (χ0) is 18.6. The third kappa shape index (κ3) is 3.37. The van der Waals surface area contributed by atoms with E-state index >= 15 is 0 Å². The van der Waals surface area contributed by atoms with Crippen molar-refractivity contribution in [1.29, 1.82) is 0 Å². The number of hydrogen-bond donors (Lipinski definition) is 0. The predicted octanol–water partition coefficient (Wildman–Crippen LogP) is 4.26. The molecule has 0 saturated heterocycles. The summed E-state index contributed by atoms with van der Waals surface area (Å²) in [6.07, 6.45) is 0. The highest BCUT2D eigenvalue weighted by Gasteiger charge is 2.16. The van der Waals surface area contributed by atoms with Crippen LogP contribution in [0.1, 0.15) is 16.2 Å². The van der Waals surface area contributed by atoms with Crippen LogP contribution in [0, 0.1) is 0 Å². The van der Waals surface area contributed by atoms with Crippen LogP contribution in [-0.2, 0) is 11.3 Å². The first-order chi connectivity index (χ1) is 13.3. The van der Waals surface area contributed by atoms with E-state index in [0.717, 1.165) is 16.3 Å². The maximum atomic E-state index is 12.6. The van der Waals surface area contributed by atoms with E-state index in [-0.39, 0.29) is 12.5 Å². The second-order valence-corrected chi connectivity index (χ2v) is 5.81. The van der Waals surface area contributed by atoms with Gasteiger partial charge in [-0.1, -0.05) is 59.8 Å². The lowest BCUT2D eigenvalue weighted by Gasteiger charge is -2.09. The van der Waals surface area contributed by atoms with Gasteiger partial charge in [-0.25, -0.2) is 4.79 Å². The number of ether oxygens (including phenoxy) is 2. The van der Waals surface area contributed by atoms with Gasteiger partial charge in [-0.2, -0.15) is 4.98 Å². The SMILES string of the molecule is COc1ccc(C(=O)OCc2nc(-c3ccccc3)no2)c2ccccc12. The zero-order valence-corrected chi connectivity index (χ0v) is 14.6. The first kappa shape index (κ1) is 16.8. The molecular weight excluding hydrogens is 344 g/mol. The van der Waals surface area contributed by atoms with Crippen molar-refractivity contribution < 1.29 is 18.8 Å². The molecule has 0 radical (unpaired) electrons. The summed E-state index contributed by atoms with van der Waals surface area (Å²) in [6.45, 7) is -0.0982. The molecule has 0 aliphatic carbocycles. The van der Waals surface area contributed by atoms with E-state index in [9.17, 15) is 4.79 Å². The molecule has 4 aromatic rings. The average molecular weight is 360 g/mol. The maximum absolute atomic E-state index is 12.6. The van der Waals surface area contributed by atoms with Crippen LogP contribution in [0.2, 0.25) is 0 Å². The summed E-state index contributed by atoms with van der Waals surface area (Å²) >= 11 is 0. The van der Waals surface area contributed by atoms with Crippen molar-refractivity contribution >= 4 is 16.7 Å². The number of aromatic nitrogens is 2. The fourth-order valence-corrected chi connectivity index (χ4v) is 2.85. The lowest BCUT2D eigenvalue weighted by Crippen LogP contribution is -2.06. The van der Waals surface area contributed by atoms with Crippen LogP contribution in [0.3, 0.4) is 0 Å². The molecule has 134 valence electrons. The van der Waals surface area contributed by atoms with Gasteiger partial charge in [0, 0.05) is 10.9 Å². The smallest absolute Gasteiger partial charge is 0.339 e. The van der Waals surface area contributed by atoms with Gasteiger partial charge in [0.25, 0.3) is 5.89 Å². The van der Waals surface area contributed by atoms with Gasteiger partial charge in [-0.05, 0) is 17.5 Å². The second-order valence-electron chi connectivity index (χ2n) is 5.81. The summed E-state index contributed by atoms with van der Waals surface area (Å²) < 4.78 is 15.9. The Balaban J connectivity index is 1.52. The van der Waals surface area contributed by atoms with Gasteiger partial charge in [0.15, 0.2) is 6.61 Å². The van der Waals surface area contributed by atoms with Gasteiger partial charge in [0.05, 0.1) is 12.7 Å². The van der Waals surface area contributed by atoms with Crippen molar-refractivity contribution in [2.75, 3.05) is 7.11 Å². The molecule has 6 nitrogen and oxygen atoms in total. The predicted molar refractivity (Wildman–Crippen MR) is 99.4 cm³/mol. The van der Waals surface area contributed by atoms with E-state index in [4.69, 9.17) is 14.0 Å². The van der Waals surface area contributed by atoms with Crippen LogP contribution in [0.5, 0.6) is 5.75 Å². The van der Waals surface area contributed by atoms with Gasteiger partial charge in [-0.3, -0.25) is 0 Å². The fourth-order valence-electron chi connectivity index (χ4n) is 2.85. The number of benzene rings is 3. The van der Waals surface area contributed by atoms with E-state index < -0.39 is 5.97 Å². The summed E-state index contributed by atoms with van der Waals surface area (Å²) in [5.41, 5.74) is 1.29. The van der Waals surface area contributed by atoms with Gasteiger partial charge in [0.2, 0.25) is 5.82 Å². The fraction of sp³-hybridized carbons (Fsp3) is 0.0952.